The Bertz CT molecular complexity index is 778. The first-order valence-corrected chi connectivity index (χ1v) is 6.87. The molecule has 0 spiro atoms. The Labute approximate surface area is 128 Å². The summed E-state index contributed by atoms with van der Waals surface area (Å²) in [4.78, 5) is 12.2. The maximum atomic E-state index is 12.2. The van der Waals surface area contributed by atoms with Gasteiger partial charge in [0.2, 0.25) is 0 Å². The minimum Gasteiger partial charge on any atom is -0.497 e. The molecule has 0 aliphatic heterocycles. The zero-order valence-corrected chi connectivity index (χ0v) is 12.1. The van der Waals surface area contributed by atoms with Crippen LogP contribution in [-0.4, -0.2) is 13.0 Å². The fraction of sp³-hybridized carbons (Fsp3) is 0.0556. The van der Waals surface area contributed by atoms with Crippen molar-refractivity contribution in [1.29, 1.82) is 0 Å². The van der Waals surface area contributed by atoms with Crippen molar-refractivity contribution in [3.63, 3.8) is 0 Å². The molecular weight excluding hydrogens is 278 g/mol. The van der Waals surface area contributed by atoms with Gasteiger partial charge in [-0.2, -0.15) is 0 Å². The van der Waals surface area contributed by atoms with Gasteiger partial charge in [0.1, 0.15) is 11.5 Å². The fourth-order valence-electron chi connectivity index (χ4n) is 2.11. The lowest BCUT2D eigenvalue weighted by molar-refractivity contribution is 0.0997. The maximum absolute atomic E-state index is 12.2. The first-order valence-electron chi connectivity index (χ1n) is 6.87. The van der Waals surface area contributed by atoms with Crippen LogP contribution in [0.5, 0.6) is 5.75 Å². The first-order chi connectivity index (χ1) is 10.8. The van der Waals surface area contributed by atoms with Gasteiger partial charge in [0, 0.05) is 11.3 Å². The molecule has 0 fully saturated rings. The average molecular weight is 293 g/mol. The van der Waals surface area contributed by atoms with Gasteiger partial charge in [-0.1, -0.05) is 30.3 Å². The topological polar surface area (TPSA) is 51.5 Å². The number of methoxy groups -OCH3 is 1. The SMILES string of the molecule is COc1cccc(-c2ccc(C(=O)Nc3ccccc3)o2)c1. The Morgan fingerprint density at radius 1 is 1.00 bits per heavy atom. The number of furan rings is 1. The number of rotatable bonds is 4. The van der Waals surface area contributed by atoms with E-state index < -0.39 is 0 Å². The van der Waals surface area contributed by atoms with Crippen molar-refractivity contribution in [2.24, 2.45) is 0 Å². The van der Waals surface area contributed by atoms with Crippen molar-refractivity contribution in [2.75, 3.05) is 12.4 Å². The van der Waals surface area contributed by atoms with Crippen LogP contribution in [0.25, 0.3) is 11.3 Å². The molecule has 1 amide bonds. The summed E-state index contributed by atoms with van der Waals surface area (Å²) in [5.41, 5.74) is 1.59. The monoisotopic (exact) mass is 293 g/mol. The number of carbonyl (C=O) groups excluding carboxylic acids is 1. The molecule has 1 heterocycles. The van der Waals surface area contributed by atoms with E-state index in [2.05, 4.69) is 5.32 Å². The quantitative estimate of drug-likeness (QED) is 0.784. The Hall–Kier alpha value is -3.01. The number of hydrogen-bond donors (Lipinski definition) is 1. The minimum atomic E-state index is -0.277. The van der Waals surface area contributed by atoms with Gasteiger partial charge in [-0.25, -0.2) is 0 Å². The van der Waals surface area contributed by atoms with Crippen molar-refractivity contribution in [2.45, 2.75) is 0 Å². The summed E-state index contributed by atoms with van der Waals surface area (Å²) in [6.07, 6.45) is 0. The first kappa shape index (κ1) is 13.9. The molecule has 0 radical (unpaired) electrons. The average Bonchev–Trinajstić information content (AvgIpc) is 3.06. The molecule has 4 nitrogen and oxygen atoms in total. The molecule has 1 aromatic heterocycles. The number of hydrogen-bond acceptors (Lipinski definition) is 3. The third-order valence-electron chi connectivity index (χ3n) is 3.22. The highest BCUT2D eigenvalue weighted by Crippen LogP contribution is 2.26. The Morgan fingerprint density at radius 2 is 1.82 bits per heavy atom. The highest BCUT2D eigenvalue weighted by molar-refractivity contribution is 6.02. The Balaban J connectivity index is 1.79. The van der Waals surface area contributed by atoms with E-state index in [4.69, 9.17) is 9.15 Å². The maximum Gasteiger partial charge on any atom is 0.291 e. The highest BCUT2D eigenvalue weighted by Gasteiger charge is 2.12. The zero-order chi connectivity index (χ0) is 15.4. The predicted molar refractivity (Wildman–Crippen MR) is 85.1 cm³/mol. The lowest BCUT2D eigenvalue weighted by Gasteiger charge is -2.03. The standard InChI is InChI=1S/C18H15NO3/c1-21-15-9-5-6-13(12-15)16-10-11-17(22-16)18(20)19-14-7-3-2-4-8-14/h2-12H,1H3,(H,19,20). The normalized spacial score (nSPS) is 10.2. The molecule has 4 heteroatoms. The molecule has 0 unspecified atom stereocenters. The van der Waals surface area contributed by atoms with Gasteiger partial charge in [0.25, 0.3) is 5.91 Å². The summed E-state index contributed by atoms with van der Waals surface area (Å²) in [6, 6.07) is 20.2. The van der Waals surface area contributed by atoms with E-state index in [0.29, 0.717) is 5.76 Å². The Morgan fingerprint density at radius 3 is 2.59 bits per heavy atom. The van der Waals surface area contributed by atoms with Crippen LogP contribution in [0.1, 0.15) is 10.6 Å². The van der Waals surface area contributed by atoms with Crippen LogP contribution in [0.2, 0.25) is 0 Å². The molecule has 22 heavy (non-hydrogen) atoms. The molecule has 0 bridgehead atoms. The van der Waals surface area contributed by atoms with Gasteiger partial charge in [-0.3, -0.25) is 4.79 Å². The summed E-state index contributed by atoms with van der Waals surface area (Å²) in [6.45, 7) is 0. The third kappa shape index (κ3) is 3.01. The van der Waals surface area contributed by atoms with Crippen LogP contribution in [0.15, 0.2) is 71.1 Å². The lowest BCUT2D eigenvalue weighted by Crippen LogP contribution is -2.10. The largest absolute Gasteiger partial charge is 0.497 e. The van der Waals surface area contributed by atoms with Gasteiger partial charge >= 0.3 is 0 Å². The molecule has 0 saturated heterocycles. The molecule has 0 aliphatic carbocycles. The molecule has 3 rings (SSSR count). The molecule has 2 aromatic carbocycles. The van der Waals surface area contributed by atoms with Crippen molar-refractivity contribution in [3.05, 3.63) is 72.5 Å². The summed E-state index contributed by atoms with van der Waals surface area (Å²) in [7, 11) is 1.61. The van der Waals surface area contributed by atoms with Crippen molar-refractivity contribution < 1.29 is 13.9 Å². The number of carbonyl (C=O) groups is 1. The van der Waals surface area contributed by atoms with Crippen molar-refractivity contribution in [3.8, 4) is 17.1 Å². The third-order valence-corrected chi connectivity index (χ3v) is 3.22. The minimum absolute atomic E-state index is 0.265. The number of para-hydroxylation sites is 1. The van der Waals surface area contributed by atoms with Gasteiger partial charge in [0.15, 0.2) is 5.76 Å². The van der Waals surface area contributed by atoms with E-state index in [9.17, 15) is 4.79 Å². The van der Waals surface area contributed by atoms with E-state index in [1.165, 1.54) is 0 Å². The molecule has 1 N–H and O–H groups in total. The van der Waals surface area contributed by atoms with Crippen molar-refractivity contribution in [1.82, 2.24) is 0 Å². The number of benzene rings is 2. The van der Waals surface area contributed by atoms with Gasteiger partial charge in [0.05, 0.1) is 7.11 Å². The summed E-state index contributed by atoms with van der Waals surface area (Å²) in [5.74, 6) is 1.35. The second kappa shape index (κ2) is 6.18. The molecular formula is C18H15NO3. The molecule has 0 saturated carbocycles. The van der Waals surface area contributed by atoms with E-state index in [0.717, 1.165) is 17.0 Å². The zero-order valence-electron chi connectivity index (χ0n) is 12.1. The van der Waals surface area contributed by atoms with Crippen molar-refractivity contribution >= 4 is 11.6 Å². The van der Waals surface area contributed by atoms with Gasteiger partial charge < -0.3 is 14.5 Å². The van der Waals surface area contributed by atoms with E-state index >= 15 is 0 Å². The van der Waals surface area contributed by atoms with E-state index in [1.807, 2.05) is 54.6 Å². The molecule has 3 aromatic rings. The van der Waals surface area contributed by atoms with Gasteiger partial charge in [-0.05, 0) is 36.4 Å². The number of anilines is 1. The van der Waals surface area contributed by atoms with Crippen LogP contribution < -0.4 is 10.1 Å². The number of amides is 1. The summed E-state index contributed by atoms with van der Waals surface area (Å²) >= 11 is 0. The van der Waals surface area contributed by atoms with Crippen LogP contribution in [0.3, 0.4) is 0 Å². The van der Waals surface area contributed by atoms with Gasteiger partial charge in [-0.15, -0.1) is 0 Å². The lowest BCUT2D eigenvalue weighted by atomic mass is 10.2. The fourth-order valence-corrected chi connectivity index (χ4v) is 2.11. The van der Waals surface area contributed by atoms with Crippen LogP contribution in [0.4, 0.5) is 5.69 Å². The second-order valence-corrected chi connectivity index (χ2v) is 4.72. The van der Waals surface area contributed by atoms with E-state index in [1.54, 1.807) is 19.2 Å². The summed E-state index contributed by atoms with van der Waals surface area (Å²) in [5, 5.41) is 2.79. The molecule has 0 aliphatic rings. The smallest absolute Gasteiger partial charge is 0.291 e. The highest BCUT2D eigenvalue weighted by atomic mass is 16.5. The van der Waals surface area contributed by atoms with Crippen LogP contribution >= 0.6 is 0 Å². The van der Waals surface area contributed by atoms with E-state index in [-0.39, 0.29) is 11.7 Å². The Kier molecular flexibility index (Phi) is 3.92. The number of ether oxygens (including phenoxy) is 1. The van der Waals surface area contributed by atoms with Crippen LogP contribution in [0, 0.1) is 0 Å². The summed E-state index contributed by atoms with van der Waals surface area (Å²) < 4.78 is 10.8. The van der Waals surface area contributed by atoms with Crippen LogP contribution in [-0.2, 0) is 0 Å². The molecule has 0 atom stereocenters. The molecule has 110 valence electrons. The second-order valence-electron chi connectivity index (χ2n) is 4.72. The predicted octanol–water partition coefficient (Wildman–Crippen LogP) is 4.21. The number of nitrogens with one attached hydrogen (secondary N) is 1.